The molecule has 0 bridgehead atoms. The molecule has 1 aliphatic heterocycles. The number of hydrogen-bond acceptors (Lipinski definition) is 4. The fraction of sp³-hybridized carbons (Fsp3) is 0.333. The van der Waals surface area contributed by atoms with Crippen molar-refractivity contribution in [2.24, 2.45) is 5.92 Å². The molecule has 2 heterocycles. The summed E-state index contributed by atoms with van der Waals surface area (Å²) in [7, 11) is 0. The third-order valence-corrected chi connectivity index (χ3v) is 6.15. The largest absolute Gasteiger partial charge is 0.377 e. The van der Waals surface area contributed by atoms with Crippen molar-refractivity contribution in [3.05, 3.63) is 67.4 Å². The van der Waals surface area contributed by atoms with Crippen LogP contribution in [-0.2, 0) is 0 Å². The third-order valence-electron chi connectivity index (χ3n) is 5.05. The average Bonchev–Trinajstić information content (AvgIpc) is 3.15. The summed E-state index contributed by atoms with van der Waals surface area (Å²) >= 11 is 1.80. The first-order valence-electron chi connectivity index (χ1n) is 7.82. The quantitative estimate of drug-likeness (QED) is 0.474. The Hall–Kier alpha value is -2.14. The first kappa shape index (κ1) is 14.5. The highest BCUT2D eigenvalue weighted by atomic mass is 32.1. The number of thiophene rings is 1. The lowest BCUT2D eigenvalue weighted by Gasteiger charge is -2.37. The number of fused-ring (bicyclic) bond motifs is 3. The van der Waals surface area contributed by atoms with Gasteiger partial charge >= 0.3 is 0 Å². The van der Waals surface area contributed by atoms with Gasteiger partial charge in [0.15, 0.2) is 0 Å². The summed E-state index contributed by atoms with van der Waals surface area (Å²) in [5.74, 6) is 0.692. The van der Waals surface area contributed by atoms with E-state index in [1.54, 1.807) is 23.5 Å². The van der Waals surface area contributed by atoms with Crippen LogP contribution in [0.5, 0.6) is 0 Å². The first-order valence-corrected chi connectivity index (χ1v) is 8.70. The van der Waals surface area contributed by atoms with Gasteiger partial charge in [0.25, 0.3) is 5.69 Å². The van der Waals surface area contributed by atoms with Gasteiger partial charge in [-0.25, -0.2) is 0 Å². The van der Waals surface area contributed by atoms with Gasteiger partial charge in [-0.2, -0.15) is 0 Å². The third kappa shape index (κ3) is 2.18. The van der Waals surface area contributed by atoms with E-state index in [4.69, 9.17) is 0 Å². The lowest BCUT2D eigenvalue weighted by molar-refractivity contribution is -0.385. The van der Waals surface area contributed by atoms with Gasteiger partial charge in [0, 0.05) is 28.6 Å². The molecule has 1 N–H and O–H groups in total. The van der Waals surface area contributed by atoms with Crippen LogP contribution in [0, 0.1) is 29.9 Å². The normalized spacial score (nSPS) is 24.9. The van der Waals surface area contributed by atoms with E-state index in [0.29, 0.717) is 5.92 Å². The van der Waals surface area contributed by atoms with Crippen molar-refractivity contribution in [3.63, 3.8) is 0 Å². The molecule has 1 aliphatic carbocycles. The number of non-ortho nitro benzene ring substituents is 1. The molecule has 1 aromatic carbocycles. The maximum Gasteiger partial charge on any atom is 0.270 e. The molecule has 118 valence electrons. The number of rotatable bonds is 2. The molecule has 23 heavy (non-hydrogen) atoms. The number of aryl methyl sites for hydroxylation is 2. The second-order valence-corrected chi connectivity index (χ2v) is 7.38. The first-order chi connectivity index (χ1) is 11.1. The second-order valence-electron chi connectivity index (χ2n) is 6.43. The number of nitro groups is 1. The predicted molar refractivity (Wildman–Crippen MR) is 93.2 cm³/mol. The van der Waals surface area contributed by atoms with Crippen molar-refractivity contribution in [1.29, 1.82) is 0 Å². The zero-order valence-corrected chi connectivity index (χ0v) is 13.9. The summed E-state index contributed by atoms with van der Waals surface area (Å²) < 4.78 is 0. The number of anilines is 1. The smallest absolute Gasteiger partial charge is 0.270 e. The van der Waals surface area contributed by atoms with Crippen LogP contribution in [-0.4, -0.2) is 4.92 Å². The minimum atomic E-state index is -0.295. The van der Waals surface area contributed by atoms with E-state index in [9.17, 15) is 10.1 Å². The van der Waals surface area contributed by atoms with Crippen LogP contribution in [0.25, 0.3) is 0 Å². The van der Waals surface area contributed by atoms with Crippen LogP contribution in [0.3, 0.4) is 0 Å². The van der Waals surface area contributed by atoms with E-state index in [0.717, 1.165) is 23.2 Å². The minimum Gasteiger partial charge on any atom is -0.377 e. The van der Waals surface area contributed by atoms with Gasteiger partial charge in [-0.05, 0) is 54.3 Å². The number of nitrogens with one attached hydrogen (secondary N) is 1. The molecule has 4 rings (SSSR count). The number of nitro benzene ring substituents is 1. The van der Waals surface area contributed by atoms with E-state index in [-0.39, 0.29) is 22.6 Å². The fourth-order valence-electron chi connectivity index (χ4n) is 3.94. The van der Waals surface area contributed by atoms with E-state index in [1.807, 2.05) is 6.92 Å². The summed E-state index contributed by atoms with van der Waals surface area (Å²) in [5.41, 5.74) is 4.60. The van der Waals surface area contributed by atoms with Crippen molar-refractivity contribution in [3.8, 4) is 0 Å². The molecule has 0 spiro atoms. The molecule has 0 saturated heterocycles. The second kappa shape index (κ2) is 5.20. The lowest BCUT2D eigenvalue weighted by Crippen LogP contribution is -2.29. The molecule has 3 atom stereocenters. The maximum absolute atomic E-state index is 11.2. The van der Waals surface area contributed by atoms with Gasteiger partial charge in [-0.15, -0.1) is 11.3 Å². The fourth-order valence-corrected chi connectivity index (χ4v) is 4.99. The van der Waals surface area contributed by atoms with E-state index in [2.05, 4.69) is 35.8 Å². The van der Waals surface area contributed by atoms with Gasteiger partial charge in [0.05, 0.1) is 11.0 Å². The Balaban J connectivity index is 1.85. The Bertz CT molecular complexity index is 824. The summed E-state index contributed by atoms with van der Waals surface area (Å²) in [6.07, 6.45) is 5.46. The molecule has 2 aliphatic rings. The molecule has 0 amide bonds. The number of benzene rings is 1. The standard InChI is InChI=1S/C18H18N2O2S/c1-10-6-7-23-18(10)17-14-5-3-4-13(14)15-9-12(20(21)22)8-11(2)16(15)19-17/h3-4,6-9,13-14,17,19H,5H2,1-2H3. The molecule has 1 aromatic heterocycles. The van der Waals surface area contributed by atoms with Crippen LogP contribution >= 0.6 is 11.3 Å². The number of nitrogens with zero attached hydrogens (tertiary/aromatic N) is 1. The molecule has 3 unspecified atom stereocenters. The molecule has 0 radical (unpaired) electrons. The molecule has 2 aromatic rings. The molecule has 0 saturated carbocycles. The van der Waals surface area contributed by atoms with Crippen molar-refractivity contribution in [2.45, 2.75) is 32.2 Å². The predicted octanol–water partition coefficient (Wildman–Crippen LogP) is 5.10. The Kier molecular flexibility index (Phi) is 3.27. The maximum atomic E-state index is 11.2. The van der Waals surface area contributed by atoms with Crippen molar-refractivity contribution in [1.82, 2.24) is 0 Å². The summed E-state index contributed by atoms with van der Waals surface area (Å²) in [4.78, 5) is 12.3. The average molecular weight is 326 g/mol. The van der Waals surface area contributed by atoms with Crippen LogP contribution in [0.15, 0.2) is 35.7 Å². The SMILES string of the molecule is Cc1ccsc1C1Nc2c(C)cc([N+](=O)[O-])cc2C2C=CCC21. The Morgan fingerprint density at radius 3 is 2.83 bits per heavy atom. The van der Waals surface area contributed by atoms with Gasteiger partial charge < -0.3 is 5.32 Å². The molecule has 5 heteroatoms. The summed E-state index contributed by atoms with van der Waals surface area (Å²) in [5, 5.41) is 17.0. The van der Waals surface area contributed by atoms with E-state index >= 15 is 0 Å². The molecule has 0 fully saturated rings. The van der Waals surface area contributed by atoms with Gasteiger partial charge in [-0.1, -0.05) is 12.2 Å². The highest BCUT2D eigenvalue weighted by Crippen LogP contribution is 2.52. The lowest BCUT2D eigenvalue weighted by atomic mass is 9.77. The van der Waals surface area contributed by atoms with Crippen molar-refractivity contribution < 1.29 is 4.92 Å². The van der Waals surface area contributed by atoms with Crippen LogP contribution in [0.1, 0.15) is 39.9 Å². The molecular formula is C18H18N2O2S. The monoisotopic (exact) mass is 326 g/mol. The Morgan fingerprint density at radius 2 is 2.13 bits per heavy atom. The topological polar surface area (TPSA) is 55.2 Å². The van der Waals surface area contributed by atoms with Crippen LogP contribution in [0.2, 0.25) is 0 Å². The molecule has 4 nitrogen and oxygen atoms in total. The highest BCUT2D eigenvalue weighted by Gasteiger charge is 2.40. The van der Waals surface area contributed by atoms with Gasteiger partial charge in [-0.3, -0.25) is 10.1 Å². The van der Waals surface area contributed by atoms with E-state index in [1.165, 1.54) is 10.4 Å². The Labute approximate surface area is 139 Å². The van der Waals surface area contributed by atoms with E-state index < -0.39 is 0 Å². The van der Waals surface area contributed by atoms with Crippen molar-refractivity contribution in [2.75, 3.05) is 5.32 Å². The summed E-state index contributed by atoms with van der Waals surface area (Å²) in [6.45, 7) is 4.11. The minimum absolute atomic E-state index is 0.188. The Morgan fingerprint density at radius 1 is 1.30 bits per heavy atom. The van der Waals surface area contributed by atoms with Crippen LogP contribution in [0.4, 0.5) is 11.4 Å². The van der Waals surface area contributed by atoms with Crippen molar-refractivity contribution >= 4 is 22.7 Å². The zero-order valence-electron chi connectivity index (χ0n) is 13.1. The summed E-state index contributed by atoms with van der Waals surface area (Å²) in [6, 6.07) is 5.86. The zero-order chi connectivity index (χ0) is 16.1. The highest BCUT2D eigenvalue weighted by molar-refractivity contribution is 7.10. The number of allylic oxidation sites excluding steroid dienone is 2. The number of hydrogen-bond donors (Lipinski definition) is 1. The van der Waals surface area contributed by atoms with Gasteiger partial charge in [0.1, 0.15) is 0 Å². The molecular weight excluding hydrogens is 308 g/mol. The van der Waals surface area contributed by atoms with Gasteiger partial charge in [0.2, 0.25) is 0 Å². The van der Waals surface area contributed by atoms with Crippen LogP contribution < -0.4 is 5.32 Å².